The first-order valence-corrected chi connectivity index (χ1v) is 1.65. The van der Waals surface area contributed by atoms with Crippen molar-refractivity contribution in [2.24, 2.45) is 5.16 Å². The molecular formula is C3H3F3NO. The van der Waals surface area contributed by atoms with E-state index in [1.165, 1.54) is 0 Å². The highest BCUT2D eigenvalue weighted by molar-refractivity contribution is 5.21. The van der Waals surface area contributed by atoms with Crippen molar-refractivity contribution in [1.82, 2.24) is 0 Å². The summed E-state index contributed by atoms with van der Waals surface area (Å²) in [7, 11) is 0. The molecule has 5 heteroatoms. The largest absolute Gasteiger partial charge is 0.425 e. The van der Waals surface area contributed by atoms with E-state index in [0.717, 1.165) is 0 Å². The lowest BCUT2D eigenvalue weighted by Gasteiger charge is -2.01. The first kappa shape index (κ1) is 7.26. The molecule has 0 bridgehead atoms. The molecule has 0 aromatic carbocycles. The Morgan fingerprint density at radius 2 is 2.00 bits per heavy atom. The average molecular weight is 126 g/mol. The van der Waals surface area contributed by atoms with Gasteiger partial charge < -0.3 is 4.84 Å². The summed E-state index contributed by atoms with van der Waals surface area (Å²) in [6, 6.07) is 0. The predicted molar refractivity (Wildman–Crippen MR) is 20.5 cm³/mol. The maximum absolute atomic E-state index is 11.0. The SMILES string of the molecule is [CH]=NOCC(F)(F)F. The maximum atomic E-state index is 11.0. The fourth-order valence-electron chi connectivity index (χ4n) is 0.110. The van der Waals surface area contributed by atoms with Crippen LogP contribution in [0.2, 0.25) is 0 Å². The van der Waals surface area contributed by atoms with E-state index < -0.39 is 12.8 Å². The second-order valence-electron chi connectivity index (χ2n) is 0.994. The van der Waals surface area contributed by atoms with Crippen LogP contribution in [0.3, 0.4) is 0 Å². The standard InChI is InChI=1S/C3H3F3NO/c1-7-8-2-3(4,5)6/h1H,2H2. The molecular weight excluding hydrogens is 123 g/mol. The third kappa shape index (κ3) is 5.26. The molecule has 0 aromatic rings. The summed E-state index contributed by atoms with van der Waals surface area (Å²) in [5.41, 5.74) is 0. The first-order chi connectivity index (χ1) is 3.56. The fourth-order valence-corrected chi connectivity index (χ4v) is 0.110. The van der Waals surface area contributed by atoms with E-state index >= 15 is 0 Å². The van der Waals surface area contributed by atoms with Crippen LogP contribution in [0.5, 0.6) is 0 Å². The van der Waals surface area contributed by atoms with Crippen LogP contribution < -0.4 is 0 Å². The van der Waals surface area contributed by atoms with Gasteiger partial charge in [-0.05, 0) is 0 Å². The molecule has 0 aliphatic carbocycles. The van der Waals surface area contributed by atoms with Crippen molar-refractivity contribution in [3.63, 3.8) is 0 Å². The van der Waals surface area contributed by atoms with Gasteiger partial charge >= 0.3 is 6.18 Å². The lowest BCUT2D eigenvalue weighted by atomic mass is 10.7. The van der Waals surface area contributed by atoms with Crippen molar-refractivity contribution in [2.45, 2.75) is 6.18 Å². The van der Waals surface area contributed by atoms with E-state index in [9.17, 15) is 13.2 Å². The lowest BCUT2D eigenvalue weighted by Crippen LogP contribution is -2.14. The molecule has 0 rings (SSSR count). The van der Waals surface area contributed by atoms with Crippen LogP contribution in [0.1, 0.15) is 0 Å². The Morgan fingerprint density at radius 3 is 2.12 bits per heavy atom. The molecule has 0 heterocycles. The molecule has 0 amide bonds. The van der Waals surface area contributed by atoms with Gasteiger partial charge in [-0.15, -0.1) is 0 Å². The maximum Gasteiger partial charge on any atom is 0.425 e. The summed E-state index contributed by atoms with van der Waals surface area (Å²) < 4.78 is 33.0. The van der Waals surface area contributed by atoms with E-state index in [1.807, 2.05) is 0 Å². The molecule has 0 aliphatic rings. The molecule has 8 heavy (non-hydrogen) atoms. The summed E-state index contributed by atoms with van der Waals surface area (Å²) in [5.74, 6) is 0. The number of hydrogen-bond acceptors (Lipinski definition) is 2. The number of alkyl halides is 3. The van der Waals surface area contributed by atoms with Crippen molar-refractivity contribution in [3.05, 3.63) is 0 Å². The van der Waals surface area contributed by atoms with E-state index in [4.69, 9.17) is 0 Å². The summed E-state index contributed by atoms with van der Waals surface area (Å²) in [4.78, 5) is 3.48. The number of halogens is 3. The van der Waals surface area contributed by atoms with Gasteiger partial charge in [0, 0.05) is 0 Å². The zero-order chi connectivity index (χ0) is 6.62. The second-order valence-corrected chi connectivity index (χ2v) is 0.994. The van der Waals surface area contributed by atoms with Gasteiger partial charge in [0.2, 0.25) is 6.61 Å². The van der Waals surface area contributed by atoms with Gasteiger partial charge in [0.25, 0.3) is 0 Å². The second kappa shape index (κ2) is 2.54. The number of rotatable bonds is 2. The van der Waals surface area contributed by atoms with E-state index in [-0.39, 0.29) is 0 Å². The van der Waals surface area contributed by atoms with Crippen molar-refractivity contribution in [1.29, 1.82) is 0 Å². The van der Waals surface area contributed by atoms with Gasteiger partial charge in [-0.25, -0.2) is 0 Å². The smallest absolute Gasteiger partial charge is 0.386 e. The molecule has 0 saturated heterocycles. The predicted octanol–water partition coefficient (Wildman–Crippen LogP) is 1.06. The Balaban J connectivity index is 3.24. The molecule has 0 aromatic heterocycles. The lowest BCUT2D eigenvalue weighted by molar-refractivity contribution is -0.173. The monoisotopic (exact) mass is 126 g/mol. The Kier molecular flexibility index (Phi) is 2.30. The molecule has 0 atom stereocenters. The normalized spacial score (nSPS) is 10.9. The molecule has 0 unspecified atom stereocenters. The highest BCUT2D eigenvalue weighted by Crippen LogP contribution is 2.13. The molecule has 0 spiro atoms. The Bertz CT molecular complexity index is 79.1. The first-order valence-electron chi connectivity index (χ1n) is 1.65. The van der Waals surface area contributed by atoms with E-state index in [0.29, 0.717) is 0 Å². The van der Waals surface area contributed by atoms with E-state index in [1.54, 1.807) is 0 Å². The van der Waals surface area contributed by atoms with Crippen molar-refractivity contribution in [3.8, 4) is 0 Å². The van der Waals surface area contributed by atoms with Crippen molar-refractivity contribution >= 4 is 6.72 Å². The van der Waals surface area contributed by atoms with Crippen molar-refractivity contribution in [2.75, 3.05) is 6.61 Å². The number of hydrogen-bond donors (Lipinski definition) is 0. The van der Waals surface area contributed by atoms with Gasteiger partial charge in [0.15, 0.2) is 0 Å². The van der Waals surface area contributed by atoms with Crippen LogP contribution in [0.4, 0.5) is 13.2 Å². The minimum absolute atomic E-state index is 1.43. The van der Waals surface area contributed by atoms with Gasteiger partial charge in [-0.3, -0.25) is 0 Å². The van der Waals surface area contributed by atoms with Crippen LogP contribution in [0, 0.1) is 0 Å². The molecule has 0 aliphatic heterocycles. The van der Waals surface area contributed by atoms with Crippen LogP contribution in [0.15, 0.2) is 5.16 Å². The van der Waals surface area contributed by atoms with E-state index in [2.05, 4.69) is 16.7 Å². The third-order valence-corrected chi connectivity index (χ3v) is 0.303. The average Bonchev–Trinajstić information content (AvgIpc) is 1.59. The Hall–Kier alpha value is -0.740. The van der Waals surface area contributed by atoms with Gasteiger partial charge in [-0.2, -0.15) is 13.2 Å². The third-order valence-electron chi connectivity index (χ3n) is 0.303. The molecule has 0 saturated carbocycles. The van der Waals surface area contributed by atoms with Crippen LogP contribution in [-0.2, 0) is 4.84 Å². The zero-order valence-corrected chi connectivity index (χ0v) is 3.77. The van der Waals surface area contributed by atoms with Crippen LogP contribution in [-0.4, -0.2) is 19.5 Å². The minimum atomic E-state index is -4.34. The minimum Gasteiger partial charge on any atom is -0.386 e. The Morgan fingerprint density at radius 1 is 1.50 bits per heavy atom. The van der Waals surface area contributed by atoms with Crippen LogP contribution >= 0.6 is 0 Å². The summed E-state index contributed by atoms with van der Waals surface area (Å²) in [6.45, 7) is 2.81. The molecule has 2 nitrogen and oxygen atoms in total. The number of nitrogens with zero attached hydrogens (tertiary/aromatic N) is 1. The summed E-state index contributed by atoms with van der Waals surface area (Å²) in [6.07, 6.45) is -4.34. The van der Waals surface area contributed by atoms with Crippen LogP contribution in [0.25, 0.3) is 0 Å². The Labute approximate surface area is 43.9 Å². The summed E-state index contributed by atoms with van der Waals surface area (Å²) in [5, 5.41) is 2.30. The molecule has 0 N–H and O–H groups in total. The summed E-state index contributed by atoms with van der Waals surface area (Å²) >= 11 is 0. The highest BCUT2D eigenvalue weighted by atomic mass is 19.4. The topological polar surface area (TPSA) is 21.6 Å². The quantitative estimate of drug-likeness (QED) is 0.400. The fraction of sp³-hybridized carbons (Fsp3) is 0.667. The molecule has 1 radical (unpaired) electrons. The molecule has 47 valence electrons. The van der Waals surface area contributed by atoms with Gasteiger partial charge in [-0.1, -0.05) is 5.16 Å². The molecule has 0 fully saturated rings. The van der Waals surface area contributed by atoms with Gasteiger partial charge in [0.05, 0.1) is 6.72 Å². The highest BCUT2D eigenvalue weighted by Gasteiger charge is 2.28. The van der Waals surface area contributed by atoms with Crippen molar-refractivity contribution < 1.29 is 18.0 Å². The zero-order valence-electron chi connectivity index (χ0n) is 3.77. The van der Waals surface area contributed by atoms with Gasteiger partial charge in [0.1, 0.15) is 0 Å².